The maximum atomic E-state index is 2.51. The van der Waals surface area contributed by atoms with E-state index in [-0.39, 0.29) is 0 Å². The number of benzene rings is 11. The molecule has 314 valence electrons. The van der Waals surface area contributed by atoms with Gasteiger partial charge >= 0.3 is 0 Å². The molecule has 1 aromatic heterocycles. The van der Waals surface area contributed by atoms with Crippen LogP contribution in [0.3, 0.4) is 0 Å². The van der Waals surface area contributed by atoms with Crippen molar-refractivity contribution in [2.75, 3.05) is 4.90 Å². The second-order valence-electron chi connectivity index (χ2n) is 17.6. The lowest BCUT2D eigenvalue weighted by Gasteiger charge is -2.35. The number of fused-ring (bicyclic) bond motifs is 7. The van der Waals surface area contributed by atoms with E-state index in [1.54, 1.807) is 0 Å². The largest absolute Gasteiger partial charge is 0.310 e. The van der Waals surface area contributed by atoms with Gasteiger partial charge in [-0.2, -0.15) is 0 Å². The molecule has 67 heavy (non-hydrogen) atoms. The first-order chi connectivity index (χ1) is 33.2. The molecule has 1 heterocycles. The lowest BCUT2D eigenvalue weighted by atomic mass is 9.67. The molecule has 0 atom stereocenters. The van der Waals surface area contributed by atoms with E-state index in [1.807, 2.05) is 11.3 Å². The van der Waals surface area contributed by atoms with E-state index in [0.29, 0.717) is 0 Å². The lowest BCUT2D eigenvalue weighted by Crippen LogP contribution is -2.28. The van der Waals surface area contributed by atoms with Gasteiger partial charge in [0.25, 0.3) is 0 Å². The maximum Gasteiger partial charge on any atom is 0.0714 e. The van der Waals surface area contributed by atoms with Crippen LogP contribution in [0.15, 0.2) is 261 Å². The van der Waals surface area contributed by atoms with Crippen molar-refractivity contribution in [1.29, 1.82) is 0 Å². The Morgan fingerprint density at radius 1 is 0.328 bits per heavy atom. The quantitative estimate of drug-likeness (QED) is 0.147. The van der Waals surface area contributed by atoms with Crippen LogP contribution in [-0.2, 0) is 5.41 Å². The summed E-state index contributed by atoms with van der Waals surface area (Å²) in [5.41, 5.74) is 17.7. The molecule has 2 heteroatoms. The Labute approximate surface area is 395 Å². The zero-order chi connectivity index (χ0) is 44.3. The molecular formula is C65H43NS. The number of hydrogen-bond donors (Lipinski definition) is 0. The van der Waals surface area contributed by atoms with Crippen LogP contribution in [-0.4, -0.2) is 0 Å². The van der Waals surface area contributed by atoms with Crippen molar-refractivity contribution in [1.82, 2.24) is 0 Å². The number of thiophene rings is 1. The summed E-state index contributed by atoms with van der Waals surface area (Å²) in [6.07, 6.45) is 0. The third-order valence-electron chi connectivity index (χ3n) is 14.0. The predicted octanol–water partition coefficient (Wildman–Crippen LogP) is 18.0. The predicted molar refractivity (Wildman–Crippen MR) is 285 cm³/mol. The zero-order valence-electron chi connectivity index (χ0n) is 36.7. The molecular weight excluding hydrogens is 827 g/mol. The lowest BCUT2D eigenvalue weighted by molar-refractivity contribution is 0.768. The van der Waals surface area contributed by atoms with Gasteiger partial charge in [-0.25, -0.2) is 0 Å². The summed E-state index contributed by atoms with van der Waals surface area (Å²) in [5.74, 6) is 0. The Bertz CT molecular complexity index is 3740. The Hall–Kier alpha value is -8.30. The van der Waals surface area contributed by atoms with E-state index >= 15 is 0 Å². The van der Waals surface area contributed by atoms with Crippen molar-refractivity contribution in [3.8, 4) is 44.5 Å². The van der Waals surface area contributed by atoms with E-state index in [9.17, 15) is 0 Å². The summed E-state index contributed by atoms with van der Waals surface area (Å²) in [5, 5.41) is 5.04. The smallest absolute Gasteiger partial charge is 0.0714 e. The van der Waals surface area contributed by atoms with Crippen LogP contribution >= 0.6 is 11.3 Å². The topological polar surface area (TPSA) is 3.24 Å². The number of nitrogens with zero attached hydrogens (tertiary/aromatic N) is 1. The Kier molecular flexibility index (Phi) is 9.33. The molecule has 0 bridgehead atoms. The van der Waals surface area contributed by atoms with Gasteiger partial charge < -0.3 is 4.90 Å². The van der Waals surface area contributed by atoms with E-state index < -0.39 is 5.41 Å². The third kappa shape index (κ3) is 6.37. The maximum absolute atomic E-state index is 2.51. The molecule has 1 nitrogen and oxygen atoms in total. The Morgan fingerprint density at radius 2 is 0.866 bits per heavy atom. The average Bonchev–Trinajstić information content (AvgIpc) is 3.94. The van der Waals surface area contributed by atoms with Crippen LogP contribution < -0.4 is 4.90 Å². The Balaban J connectivity index is 1.01. The van der Waals surface area contributed by atoms with E-state index in [0.717, 1.165) is 17.1 Å². The highest BCUT2D eigenvalue weighted by Gasteiger charge is 2.46. The third-order valence-corrected chi connectivity index (χ3v) is 15.2. The number of hydrogen-bond acceptors (Lipinski definition) is 2. The highest BCUT2D eigenvalue weighted by atomic mass is 32.1. The van der Waals surface area contributed by atoms with Crippen molar-refractivity contribution in [2.45, 2.75) is 5.41 Å². The fraction of sp³-hybridized carbons (Fsp3) is 0.0154. The van der Waals surface area contributed by atoms with E-state index in [4.69, 9.17) is 0 Å². The molecule has 1 aliphatic carbocycles. The molecule has 0 N–H and O–H groups in total. The summed E-state index contributed by atoms with van der Waals surface area (Å²) >= 11 is 1.88. The van der Waals surface area contributed by atoms with Crippen molar-refractivity contribution in [3.63, 3.8) is 0 Å². The minimum absolute atomic E-state index is 0.527. The Morgan fingerprint density at radius 3 is 1.60 bits per heavy atom. The molecule has 11 aromatic carbocycles. The molecule has 0 spiro atoms. The molecule has 0 saturated heterocycles. The molecule has 0 amide bonds. The van der Waals surface area contributed by atoms with Crippen LogP contribution in [0, 0.1) is 0 Å². The van der Waals surface area contributed by atoms with E-state index in [2.05, 4.69) is 266 Å². The minimum Gasteiger partial charge on any atom is -0.310 e. The average molecular weight is 870 g/mol. The van der Waals surface area contributed by atoms with Crippen molar-refractivity contribution >= 4 is 59.3 Å². The first-order valence-corrected chi connectivity index (χ1v) is 23.9. The van der Waals surface area contributed by atoms with Gasteiger partial charge in [0.1, 0.15) is 0 Å². The van der Waals surface area contributed by atoms with Gasteiger partial charge in [0, 0.05) is 31.5 Å². The monoisotopic (exact) mass is 869 g/mol. The summed E-state index contributed by atoms with van der Waals surface area (Å²) < 4.78 is 2.57. The SMILES string of the molecule is c1ccc(-c2ccc(N(c3ccc(-c4ccc(-c5ccc6ccccc6c5)cc4)cc3)c3ccc4c(c3)C(c3ccccc3)(c3ccccc3)c3ccccc3-4)c3c2sc2ccccc23)cc1. The second-order valence-corrected chi connectivity index (χ2v) is 18.6. The van der Waals surface area contributed by atoms with Gasteiger partial charge in [0.2, 0.25) is 0 Å². The molecule has 0 fully saturated rings. The van der Waals surface area contributed by atoms with Crippen LogP contribution in [0.1, 0.15) is 22.3 Å². The van der Waals surface area contributed by atoms with Gasteiger partial charge in [-0.3, -0.25) is 0 Å². The van der Waals surface area contributed by atoms with Gasteiger partial charge in [0.05, 0.1) is 11.1 Å². The molecule has 0 radical (unpaired) electrons. The van der Waals surface area contributed by atoms with Gasteiger partial charge in [0.15, 0.2) is 0 Å². The van der Waals surface area contributed by atoms with Gasteiger partial charge in [-0.1, -0.05) is 218 Å². The van der Waals surface area contributed by atoms with Crippen LogP contribution in [0.4, 0.5) is 17.1 Å². The second kappa shape index (κ2) is 16.0. The number of anilines is 3. The molecule has 1 aliphatic rings. The van der Waals surface area contributed by atoms with Crippen molar-refractivity contribution in [3.05, 3.63) is 283 Å². The van der Waals surface area contributed by atoms with Gasteiger partial charge in [-0.05, 0) is 120 Å². The first kappa shape index (κ1) is 39.1. The van der Waals surface area contributed by atoms with E-state index in [1.165, 1.54) is 97.7 Å². The minimum atomic E-state index is -0.527. The fourth-order valence-electron chi connectivity index (χ4n) is 10.9. The summed E-state index contributed by atoms with van der Waals surface area (Å²) in [6, 6.07) is 96.3. The standard InChI is InChI=1S/C65H43NS/c1-4-17-48(18-5-1)55-40-41-61(63-58-25-13-15-27-62(58)67-64(55)63)66(53-36-34-46(35-37-53)45-28-30-47(31-29-45)50-33-32-44-16-10-11-19-49(44)42-50)54-38-39-57-56-24-12-14-26-59(56)65(60(57)43-54,51-20-6-2-7-21-51)52-22-8-3-9-23-52/h1-43H. The highest BCUT2D eigenvalue weighted by molar-refractivity contribution is 7.26. The molecule has 0 saturated carbocycles. The van der Waals surface area contributed by atoms with Gasteiger partial charge in [-0.15, -0.1) is 11.3 Å². The fourth-order valence-corrected chi connectivity index (χ4v) is 12.1. The summed E-state index contributed by atoms with van der Waals surface area (Å²) in [6.45, 7) is 0. The molecule has 12 aromatic rings. The van der Waals surface area contributed by atoms with Crippen molar-refractivity contribution in [2.24, 2.45) is 0 Å². The number of rotatable bonds is 8. The summed E-state index contributed by atoms with van der Waals surface area (Å²) in [4.78, 5) is 2.51. The van der Waals surface area contributed by atoms with Crippen LogP contribution in [0.2, 0.25) is 0 Å². The first-order valence-electron chi connectivity index (χ1n) is 23.1. The summed E-state index contributed by atoms with van der Waals surface area (Å²) in [7, 11) is 0. The molecule has 0 aliphatic heterocycles. The van der Waals surface area contributed by atoms with Crippen molar-refractivity contribution < 1.29 is 0 Å². The van der Waals surface area contributed by atoms with Crippen LogP contribution in [0.5, 0.6) is 0 Å². The normalized spacial score (nSPS) is 12.6. The van der Waals surface area contributed by atoms with Crippen LogP contribution in [0.25, 0.3) is 75.5 Å². The highest BCUT2D eigenvalue weighted by Crippen LogP contribution is 2.58. The molecule has 13 rings (SSSR count). The zero-order valence-corrected chi connectivity index (χ0v) is 37.5. The molecule has 0 unspecified atom stereocenters.